The average molecular weight is 319 g/mol. The Hall–Kier alpha value is -1.63. The van der Waals surface area contributed by atoms with Gasteiger partial charge in [-0.1, -0.05) is 18.2 Å². The zero-order valence-electron chi connectivity index (χ0n) is 13.4. The minimum Gasteiger partial charge on any atom is -0.492 e. The number of benzene rings is 1. The number of ether oxygens (including phenoxy) is 2. The summed E-state index contributed by atoms with van der Waals surface area (Å²) in [5, 5.41) is 6.11. The molecule has 0 spiro atoms. The Morgan fingerprint density at radius 1 is 1.30 bits per heavy atom. The first kappa shape index (κ1) is 16.2. The lowest BCUT2D eigenvalue weighted by atomic mass is 10.0. The molecule has 2 aliphatic heterocycles. The SMILES string of the molecule is O=C(NCc1ccccc1OCCN1CCOCC1)C1CNC1. The molecule has 0 saturated carbocycles. The maximum atomic E-state index is 11.9. The summed E-state index contributed by atoms with van der Waals surface area (Å²) in [6.45, 7) is 7.18. The maximum absolute atomic E-state index is 11.9. The fourth-order valence-electron chi connectivity index (χ4n) is 2.70. The topological polar surface area (TPSA) is 62.8 Å². The van der Waals surface area contributed by atoms with Gasteiger partial charge >= 0.3 is 0 Å². The third kappa shape index (κ3) is 4.67. The molecule has 1 aromatic carbocycles. The van der Waals surface area contributed by atoms with E-state index in [2.05, 4.69) is 15.5 Å². The standard InChI is InChI=1S/C17H25N3O3/c21-17(15-11-18-12-15)19-13-14-3-1-2-4-16(14)23-10-7-20-5-8-22-9-6-20/h1-4,15,18H,5-13H2,(H,19,21). The fourth-order valence-corrected chi connectivity index (χ4v) is 2.70. The van der Waals surface area contributed by atoms with Gasteiger partial charge in [0.2, 0.25) is 5.91 Å². The normalized spacial score (nSPS) is 19.1. The van der Waals surface area contributed by atoms with Gasteiger partial charge in [-0.15, -0.1) is 0 Å². The van der Waals surface area contributed by atoms with Crippen LogP contribution in [-0.2, 0) is 16.1 Å². The monoisotopic (exact) mass is 319 g/mol. The van der Waals surface area contributed by atoms with Crippen molar-refractivity contribution in [3.63, 3.8) is 0 Å². The van der Waals surface area contributed by atoms with Crippen LogP contribution in [0.15, 0.2) is 24.3 Å². The van der Waals surface area contributed by atoms with E-state index in [0.29, 0.717) is 13.2 Å². The molecule has 0 aliphatic carbocycles. The Labute approximate surface area is 137 Å². The minimum atomic E-state index is 0.115. The molecule has 23 heavy (non-hydrogen) atoms. The van der Waals surface area contributed by atoms with Gasteiger partial charge in [0.05, 0.1) is 19.1 Å². The Bertz CT molecular complexity index is 514. The summed E-state index contributed by atoms with van der Waals surface area (Å²) in [4.78, 5) is 14.3. The van der Waals surface area contributed by atoms with Gasteiger partial charge in [-0.05, 0) is 6.07 Å². The fraction of sp³-hybridized carbons (Fsp3) is 0.588. The number of carbonyl (C=O) groups is 1. The molecule has 0 unspecified atom stereocenters. The molecule has 1 amide bonds. The lowest BCUT2D eigenvalue weighted by Crippen LogP contribution is -2.50. The van der Waals surface area contributed by atoms with Crippen LogP contribution in [0, 0.1) is 5.92 Å². The van der Waals surface area contributed by atoms with Gasteiger partial charge in [0, 0.05) is 44.8 Å². The van der Waals surface area contributed by atoms with Crippen molar-refractivity contribution >= 4 is 5.91 Å². The predicted octanol–water partition coefficient (Wildman–Crippen LogP) is 0.233. The van der Waals surface area contributed by atoms with E-state index in [1.54, 1.807) is 0 Å². The van der Waals surface area contributed by atoms with E-state index in [4.69, 9.17) is 9.47 Å². The first-order valence-electron chi connectivity index (χ1n) is 8.32. The van der Waals surface area contributed by atoms with Gasteiger partial charge < -0.3 is 20.1 Å². The number of hydrogen-bond acceptors (Lipinski definition) is 5. The second-order valence-corrected chi connectivity index (χ2v) is 5.98. The molecule has 0 radical (unpaired) electrons. The zero-order valence-corrected chi connectivity index (χ0v) is 13.4. The highest BCUT2D eigenvalue weighted by molar-refractivity contribution is 5.80. The Kier molecular flexibility index (Phi) is 5.85. The van der Waals surface area contributed by atoms with Gasteiger partial charge in [-0.25, -0.2) is 0 Å². The number of nitrogens with zero attached hydrogens (tertiary/aromatic N) is 1. The average Bonchev–Trinajstić information content (AvgIpc) is 2.53. The zero-order chi connectivity index (χ0) is 15.9. The quantitative estimate of drug-likeness (QED) is 0.753. The first-order chi connectivity index (χ1) is 11.3. The lowest BCUT2D eigenvalue weighted by Gasteiger charge is -2.27. The summed E-state index contributed by atoms with van der Waals surface area (Å²) in [5.41, 5.74) is 1.02. The minimum absolute atomic E-state index is 0.115. The molecule has 6 nitrogen and oxygen atoms in total. The molecule has 2 aliphatic rings. The van der Waals surface area contributed by atoms with Crippen molar-refractivity contribution < 1.29 is 14.3 Å². The maximum Gasteiger partial charge on any atom is 0.225 e. The van der Waals surface area contributed by atoms with Crippen LogP contribution >= 0.6 is 0 Å². The van der Waals surface area contributed by atoms with Crippen LogP contribution < -0.4 is 15.4 Å². The van der Waals surface area contributed by atoms with Gasteiger partial charge in [0.25, 0.3) is 0 Å². The molecule has 0 atom stereocenters. The summed E-state index contributed by atoms with van der Waals surface area (Å²) in [5.74, 6) is 1.09. The summed E-state index contributed by atoms with van der Waals surface area (Å²) < 4.78 is 11.3. The Morgan fingerprint density at radius 3 is 2.83 bits per heavy atom. The number of rotatable bonds is 7. The molecule has 0 bridgehead atoms. The first-order valence-corrected chi connectivity index (χ1v) is 8.32. The van der Waals surface area contributed by atoms with E-state index in [1.807, 2.05) is 24.3 Å². The van der Waals surface area contributed by atoms with E-state index in [-0.39, 0.29) is 11.8 Å². The largest absolute Gasteiger partial charge is 0.492 e. The van der Waals surface area contributed by atoms with E-state index in [9.17, 15) is 4.79 Å². The lowest BCUT2D eigenvalue weighted by molar-refractivity contribution is -0.126. The van der Waals surface area contributed by atoms with E-state index < -0.39 is 0 Å². The molecule has 2 heterocycles. The van der Waals surface area contributed by atoms with Crippen molar-refractivity contribution in [2.24, 2.45) is 5.92 Å². The third-order valence-corrected chi connectivity index (χ3v) is 4.35. The molecular weight excluding hydrogens is 294 g/mol. The number of para-hydroxylation sites is 1. The van der Waals surface area contributed by atoms with Crippen LogP contribution in [0.5, 0.6) is 5.75 Å². The molecule has 2 saturated heterocycles. The summed E-state index contributed by atoms with van der Waals surface area (Å²) >= 11 is 0. The van der Waals surface area contributed by atoms with E-state index >= 15 is 0 Å². The molecule has 2 N–H and O–H groups in total. The van der Waals surface area contributed by atoms with Gasteiger partial charge in [-0.3, -0.25) is 9.69 Å². The molecule has 6 heteroatoms. The second-order valence-electron chi connectivity index (χ2n) is 5.98. The number of carbonyl (C=O) groups excluding carboxylic acids is 1. The molecule has 0 aromatic heterocycles. The molecule has 3 rings (SSSR count). The van der Waals surface area contributed by atoms with E-state index in [0.717, 1.165) is 57.3 Å². The number of nitrogens with one attached hydrogen (secondary N) is 2. The smallest absolute Gasteiger partial charge is 0.225 e. The van der Waals surface area contributed by atoms with Crippen molar-refractivity contribution in [1.82, 2.24) is 15.5 Å². The Morgan fingerprint density at radius 2 is 2.09 bits per heavy atom. The highest BCUT2D eigenvalue weighted by Crippen LogP contribution is 2.18. The van der Waals surface area contributed by atoms with Crippen LogP contribution in [-0.4, -0.2) is 63.4 Å². The van der Waals surface area contributed by atoms with Crippen molar-refractivity contribution in [2.75, 3.05) is 52.5 Å². The summed E-state index contributed by atoms with van der Waals surface area (Å²) in [7, 11) is 0. The van der Waals surface area contributed by atoms with Crippen LogP contribution in [0.1, 0.15) is 5.56 Å². The van der Waals surface area contributed by atoms with Crippen molar-refractivity contribution in [1.29, 1.82) is 0 Å². The summed E-state index contributed by atoms with van der Waals surface area (Å²) in [6.07, 6.45) is 0. The van der Waals surface area contributed by atoms with Crippen molar-refractivity contribution in [3.05, 3.63) is 29.8 Å². The predicted molar refractivity (Wildman–Crippen MR) is 87.4 cm³/mol. The van der Waals surface area contributed by atoms with E-state index in [1.165, 1.54) is 0 Å². The molecular formula is C17H25N3O3. The highest BCUT2D eigenvalue weighted by Gasteiger charge is 2.24. The number of amides is 1. The molecule has 1 aromatic rings. The summed E-state index contributed by atoms with van der Waals surface area (Å²) in [6, 6.07) is 7.90. The molecule has 2 fully saturated rings. The van der Waals surface area contributed by atoms with Crippen LogP contribution in [0.2, 0.25) is 0 Å². The third-order valence-electron chi connectivity index (χ3n) is 4.35. The Balaban J connectivity index is 1.45. The number of hydrogen-bond donors (Lipinski definition) is 2. The van der Waals surface area contributed by atoms with Gasteiger partial charge in [0.1, 0.15) is 12.4 Å². The van der Waals surface area contributed by atoms with Gasteiger partial charge in [-0.2, -0.15) is 0 Å². The van der Waals surface area contributed by atoms with Crippen molar-refractivity contribution in [3.8, 4) is 5.75 Å². The highest BCUT2D eigenvalue weighted by atomic mass is 16.5. The number of morpholine rings is 1. The molecule has 126 valence electrons. The second kappa shape index (κ2) is 8.29. The van der Waals surface area contributed by atoms with Crippen LogP contribution in [0.25, 0.3) is 0 Å². The van der Waals surface area contributed by atoms with Gasteiger partial charge in [0.15, 0.2) is 0 Å². The van der Waals surface area contributed by atoms with Crippen LogP contribution in [0.4, 0.5) is 0 Å². The van der Waals surface area contributed by atoms with Crippen molar-refractivity contribution in [2.45, 2.75) is 6.54 Å². The van der Waals surface area contributed by atoms with Crippen LogP contribution in [0.3, 0.4) is 0 Å².